The Balaban J connectivity index is 2.45. The van der Waals surface area contributed by atoms with Gasteiger partial charge in [0.25, 0.3) is 0 Å². The highest BCUT2D eigenvalue weighted by molar-refractivity contribution is 5.86. The molecule has 0 fully saturated rings. The van der Waals surface area contributed by atoms with Crippen LogP contribution < -0.4 is 0 Å². The second-order valence-corrected chi connectivity index (χ2v) is 4.55. The van der Waals surface area contributed by atoms with Gasteiger partial charge in [0.15, 0.2) is 12.0 Å². The zero-order chi connectivity index (χ0) is 15.8. The molecule has 0 saturated carbocycles. The summed E-state index contributed by atoms with van der Waals surface area (Å²) in [6, 6.07) is 17.7. The van der Waals surface area contributed by atoms with Gasteiger partial charge in [0.05, 0.1) is 14.2 Å². The van der Waals surface area contributed by atoms with Crippen molar-refractivity contribution in [3.8, 4) is 0 Å². The van der Waals surface area contributed by atoms with Crippen molar-refractivity contribution in [1.29, 1.82) is 0 Å². The van der Waals surface area contributed by atoms with Crippen molar-refractivity contribution >= 4 is 24.2 Å². The molecular formula is C19H18O3. The van der Waals surface area contributed by atoms with Crippen LogP contribution in [0.1, 0.15) is 16.7 Å². The second-order valence-electron chi connectivity index (χ2n) is 4.55. The number of allylic oxidation sites excluding steroid dienone is 1. The summed E-state index contributed by atoms with van der Waals surface area (Å²) in [6.07, 6.45) is 4.65. The third-order valence-corrected chi connectivity index (χ3v) is 3.22. The Bertz CT molecular complexity index is 685. The van der Waals surface area contributed by atoms with Crippen LogP contribution in [0.15, 0.2) is 60.4 Å². The van der Waals surface area contributed by atoms with Crippen molar-refractivity contribution < 1.29 is 14.3 Å². The first-order valence-electron chi connectivity index (χ1n) is 6.90. The maximum absolute atomic E-state index is 11.1. The molecule has 0 aliphatic heterocycles. The number of rotatable bonds is 6. The summed E-state index contributed by atoms with van der Waals surface area (Å²) in [5.41, 5.74) is 2.85. The summed E-state index contributed by atoms with van der Waals surface area (Å²) < 4.78 is 10.4. The summed E-state index contributed by atoms with van der Waals surface area (Å²) in [7, 11) is 2.97. The average Bonchev–Trinajstić information content (AvgIpc) is 2.59. The number of aldehydes is 1. The normalized spacial score (nSPS) is 11.9. The maximum atomic E-state index is 11.1. The molecule has 0 saturated heterocycles. The Morgan fingerprint density at radius 1 is 0.864 bits per heavy atom. The first-order chi connectivity index (χ1) is 10.8. The van der Waals surface area contributed by atoms with Gasteiger partial charge in [0.2, 0.25) is 5.76 Å². The standard InChI is InChI=1S/C19H18O3/c1-21-18(14-20)19(22-2)17-11-7-6-10-16(17)13-12-15-8-4-3-5-9-15/h3-14H,1-2H3. The van der Waals surface area contributed by atoms with E-state index in [9.17, 15) is 4.79 Å². The molecule has 0 radical (unpaired) electrons. The van der Waals surface area contributed by atoms with Gasteiger partial charge in [-0.15, -0.1) is 0 Å². The fourth-order valence-corrected chi connectivity index (χ4v) is 2.14. The molecular weight excluding hydrogens is 276 g/mol. The number of carbonyl (C=O) groups excluding carboxylic acids is 1. The highest BCUT2D eigenvalue weighted by atomic mass is 16.5. The Morgan fingerprint density at radius 3 is 2.18 bits per heavy atom. The monoisotopic (exact) mass is 294 g/mol. The molecule has 0 unspecified atom stereocenters. The summed E-state index contributed by atoms with van der Waals surface area (Å²) in [6.45, 7) is 0. The number of hydrogen-bond acceptors (Lipinski definition) is 3. The molecule has 3 heteroatoms. The number of hydrogen-bond donors (Lipinski definition) is 0. The molecule has 2 aromatic rings. The lowest BCUT2D eigenvalue weighted by atomic mass is 10.0. The molecule has 0 aliphatic carbocycles. The topological polar surface area (TPSA) is 35.5 Å². The summed E-state index contributed by atoms with van der Waals surface area (Å²) in [5.74, 6) is 0.592. The van der Waals surface area contributed by atoms with Crippen LogP contribution in [0, 0.1) is 0 Å². The van der Waals surface area contributed by atoms with E-state index in [4.69, 9.17) is 9.47 Å². The summed E-state index contributed by atoms with van der Waals surface area (Å²) >= 11 is 0. The molecule has 22 heavy (non-hydrogen) atoms. The molecule has 2 aromatic carbocycles. The van der Waals surface area contributed by atoms with Gasteiger partial charge in [-0.05, 0) is 11.1 Å². The van der Waals surface area contributed by atoms with E-state index in [-0.39, 0.29) is 5.76 Å². The predicted octanol–water partition coefficient (Wildman–Crippen LogP) is 4.02. The minimum absolute atomic E-state index is 0.170. The SMILES string of the molecule is COC(C=O)=C(OC)c1ccccc1C=Cc1ccccc1. The van der Waals surface area contributed by atoms with E-state index in [2.05, 4.69) is 0 Å². The predicted molar refractivity (Wildman–Crippen MR) is 88.8 cm³/mol. The van der Waals surface area contributed by atoms with Gasteiger partial charge in [-0.3, -0.25) is 4.79 Å². The van der Waals surface area contributed by atoms with Crippen LogP contribution >= 0.6 is 0 Å². The first kappa shape index (κ1) is 15.6. The number of ether oxygens (including phenoxy) is 2. The van der Waals surface area contributed by atoms with E-state index in [1.165, 1.54) is 14.2 Å². The van der Waals surface area contributed by atoms with E-state index in [1.807, 2.05) is 66.7 Å². The molecule has 2 rings (SSSR count). The highest BCUT2D eigenvalue weighted by Gasteiger charge is 2.12. The van der Waals surface area contributed by atoms with Gasteiger partial charge < -0.3 is 9.47 Å². The third-order valence-electron chi connectivity index (χ3n) is 3.22. The van der Waals surface area contributed by atoms with E-state index in [0.29, 0.717) is 12.0 Å². The van der Waals surface area contributed by atoms with Crippen molar-refractivity contribution in [1.82, 2.24) is 0 Å². The summed E-state index contributed by atoms with van der Waals surface area (Å²) in [4.78, 5) is 11.1. The molecule has 0 amide bonds. The first-order valence-corrected chi connectivity index (χ1v) is 6.90. The number of methoxy groups -OCH3 is 2. The quantitative estimate of drug-likeness (QED) is 0.349. The van der Waals surface area contributed by atoms with Gasteiger partial charge in [0.1, 0.15) is 0 Å². The van der Waals surface area contributed by atoms with Crippen LogP contribution in [0.25, 0.3) is 17.9 Å². The molecule has 0 aliphatic rings. The smallest absolute Gasteiger partial charge is 0.201 e. The van der Waals surface area contributed by atoms with Crippen molar-refractivity contribution in [2.45, 2.75) is 0 Å². The third kappa shape index (κ3) is 3.64. The van der Waals surface area contributed by atoms with Crippen molar-refractivity contribution in [2.24, 2.45) is 0 Å². The largest absolute Gasteiger partial charge is 0.492 e. The Kier molecular flexibility index (Phi) is 5.55. The van der Waals surface area contributed by atoms with Gasteiger partial charge in [-0.1, -0.05) is 66.7 Å². The van der Waals surface area contributed by atoms with Gasteiger partial charge in [0, 0.05) is 5.56 Å². The second kappa shape index (κ2) is 7.84. The lowest BCUT2D eigenvalue weighted by Crippen LogP contribution is -1.99. The van der Waals surface area contributed by atoms with Gasteiger partial charge >= 0.3 is 0 Å². The lowest BCUT2D eigenvalue weighted by molar-refractivity contribution is -0.107. The molecule has 0 bridgehead atoms. The maximum Gasteiger partial charge on any atom is 0.201 e. The van der Waals surface area contributed by atoms with E-state index < -0.39 is 0 Å². The van der Waals surface area contributed by atoms with E-state index in [0.717, 1.165) is 16.7 Å². The Labute approximate surface area is 130 Å². The van der Waals surface area contributed by atoms with Crippen LogP contribution in [-0.4, -0.2) is 20.5 Å². The van der Waals surface area contributed by atoms with Crippen LogP contribution in [-0.2, 0) is 14.3 Å². The van der Waals surface area contributed by atoms with E-state index >= 15 is 0 Å². The van der Waals surface area contributed by atoms with Crippen LogP contribution in [0.4, 0.5) is 0 Å². The molecule has 3 nitrogen and oxygen atoms in total. The van der Waals surface area contributed by atoms with Crippen molar-refractivity contribution in [3.63, 3.8) is 0 Å². The van der Waals surface area contributed by atoms with Crippen molar-refractivity contribution in [2.75, 3.05) is 14.2 Å². The molecule has 0 heterocycles. The zero-order valence-corrected chi connectivity index (χ0v) is 12.7. The Morgan fingerprint density at radius 2 is 1.55 bits per heavy atom. The molecule has 0 atom stereocenters. The average molecular weight is 294 g/mol. The van der Waals surface area contributed by atoms with Crippen LogP contribution in [0.5, 0.6) is 0 Å². The minimum atomic E-state index is 0.170. The fourth-order valence-electron chi connectivity index (χ4n) is 2.14. The number of carbonyl (C=O) groups is 1. The number of benzene rings is 2. The lowest BCUT2D eigenvalue weighted by Gasteiger charge is -2.12. The van der Waals surface area contributed by atoms with Crippen molar-refractivity contribution in [3.05, 3.63) is 77.0 Å². The molecule has 0 N–H and O–H groups in total. The van der Waals surface area contributed by atoms with Crippen LogP contribution in [0.3, 0.4) is 0 Å². The van der Waals surface area contributed by atoms with Gasteiger partial charge in [-0.2, -0.15) is 0 Å². The van der Waals surface area contributed by atoms with Crippen LogP contribution in [0.2, 0.25) is 0 Å². The summed E-state index contributed by atoms with van der Waals surface area (Å²) in [5, 5.41) is 0. The zero-order valence-electron chi connectivity index (χ0n) is 12.7. The van der Waals surface area contributed by atoms with E-state index in [1.54, 1.807) is 0 Å². The molecule has 0 spiro atoms. The highest BCUT2D eigenvalue weighted by Crippen LogP contribution is 2.24. The molecule has 112 valence electrons. The van der Waals surface area contributed by atoms with Gasteiger partial charge in [-0.25, -0.2) is 0 Å². The fraction of sp³-hybridized carbons (Fsp3) is 0.105. The minimum Gasteiger partial charge on any atom is -0.492 e. The molecule has 0 aromatic heterocycles. The Hall–Kier alpha value is -2.81.